The molecule has 2 heterocycles. The van der Waals surface area contributed by atoms with Crippen LogP contribution >= 0.6 is 11.6 Å². The number of halogens is 1. The first-order valence-corrected chi connectivity index (χ1v) is 8.96. The van der Waals surface area contributed by atoms with Crippen LogP contribution < -0.4 is 5.32 Å². The largest absolute Gasteiger partial charge is 0.325 e. The summed E-state index contributed by atoms with van der Waals surface area (Å²) in [6, 6.07) is 14.5. The molecule has 2 aliphatic heterocycles. The maximum Gasteiger partial charge on any atom is 0.238 e. The number of carbonyl (C=O) groups excluding carboxylic acids is 2. The second-order valence-corrected chi connectivity index (χ2v) is 7.01. The van der Waals surface area contributed by atoms with Crippen LogP contribution in [0.15, 0.2) is 53.5 Å². The van der Waals surface area contributed by atoms with Gasteiger partial charge in [0.25, 0.3) is 0 Å². The van der Waals surface area contributed by atoms with Crippen molar-refractivity contribution in [3.63, 3.8) is 0 Å². The van der Waals surface area contributed by atoms with Gasteiger partial charge >= 0.3 is 0 Å². The fraction of sp³-hybridized carbons (Fsp3) is 0.250. The van der Waals surface area contributed by atoms with Crippen molar-refractivity contribution in [1.82, 2.24) is 4.90 Å². The number of hydrogen-bond acceptors (Lipinski definition) is 4. The van der Waals surface area contributed by atoms with E-state index in [1.165, 1.54) is 0 Å². The Bertz CT molecular complexity index is 892. The van der Waals surface area contributed by atoms with Crippen molar-refractivity contribution in [2.45, 2.75) is 6.42 Å². The van der Waals surface area contributed by atoms with Crippen LogP contribution in [0.5, 0.6) is 0 Å². The van der Waals surface area contributed by atoms with E-state index in [9.17, 15) is 9.59 Å². The first kappa shape index (κ1) is 16.9. The Balaban J connectivity index is 1.42. The summed E-state index contributed by atoms with van der Waals surface area (Å²) in [4.78, 5) is 31.8. The third-order valence-electron chi connectivity index (χ3n) is 4.77. The Labute approximate surface area is 156 Å². The Morgan fingerprint density at radius 2 is 1.96 bits per heavy atom. The number of amides is 1. The van der Waals surface area contributed by atoms with Crippen LogP contribution in [0.1, 0.15) is 16.8 Å². The molecule has 2 aromatic carbocycles. The highest BCUT2D eigenvalue weighted by Gasteiger charge is 2.36. The number of nitrogens with one attached hydrogen (secondary N) is 1. The molecule has 2 aliphatic rings. The molecule has 0 radical (unpaired) electrons. The predicted molar refractivity (Wildman–Crippen MR) is 102 cm³/mol. The number of para-hydroxylation sites is 1. The maximum atomic E-state index is 12.8. The summed E-state index contributed by atoms with van der Waals surface area (Å²) >= 11 is 5.85. The Hall–Kier alpha value is -2.50. The fourth-order valence-corrected chi connectivity index (χ4v) is 3.60. The molecule has 1 saturated heterocycles. The second kappa shape index (κ2) is 7.02. The molecule has 1 amide bonds. The number of ketones is 1. The summed E-state index contributed by atoms with van der Waals surface area (Å²) in [5, 5.41) is 3.49. The van der Waals surface area contributed by atoms with Crippen LogP contribution in [0.2, 0.25) is 5.02 Å². The molecule has 132 valence electrons. The number of piperidine rings is 1. The molecule has 26 heavy (non-hydrogen) atoms. The summed E-state index contributed by atoms with van der Waals surface area (Å²) < 4.78 is 0. The van der Waals surface area contributed by atoms with E-state index in [0.29, 0.717) is 29.2 Å². The minimum Gasteiger partial charge on any atom is -0.325 e. The first-order valence-electron chi connectivity index (χ1n) is 8.58. The van der Waals surface area contributed by atoms with Crippen LogP contribution in [-0.4, -0.2) is 41.9 Å². The van der Waals surface area contributed by atoms with E-state index < -0.39 is 0 Å². The summed E-state index contributed by atoms with van der Waals surface area (Å²) in [5.74, 6) is -0.244. The Morgan fingerprint density at radius 1 is 1.19 bits per heavy atom. The number of carbonyl (C=O) groups is 2. The zero-order chi connectivity index (χ0) is 18.1. The van der Waals surface area contributed by atoms with Crippen LogP contribution in [-0.2, 0) is 4.79 Å². The van der Waals surface area contributed by atoms with Crippen molar-refractivity contribution in [2.75, 3.05) is 25.0 Å². The average Bonchev–Trinajstić information content (AvgIpc) is 2.64. The first-order chi connectivity index (χ1) is 12.6. The molecule has 1 N–H and O–H groups in total. The van der Waals surface area contributed by atoms with Crippen molar-refractivity contribution in [2.24, 2.45) is 10.9 Å². The van der Waals surface area contributed by atoms with Crippen LogP contribution in [0.25, 0.3) is 0 Å². The van der Waals surface area contributed by atoms with Gasteiger partial charge in [0.15, 0.2) is 5.78 Å². The number of aliphatic imine (C=N–C) groups is 1. The van der Waals surface area contributed by atoms with Crippen molar-refractivity contribution in [3.05, 3.63) is 59.1 Å². The summed E-state index contributed by atoms with van der Waals surface area (Å²) in [5.41, 5.74) is 3.08. The van der Waals surface area contributed by atoms with Crippen molar-refractivity contribution in [3.8, 4) is 0 Å². The average molecular weight is 368 g/mol. The van der Waals surface area contributed by atoms with Crippen LogP contribution in [0.4, 0.5) is 11.4 Å². The molecule has 0 bridgehead atoms. The van der Waals surface area contributed by atoms with E-state index in [2.05, 4.69) is 10.3 Å². The van der Waals surface area contributed by atoms with Gasteiger partial charge in [0.05, 0.1) is 18.2 Å². The number of benzene rings is 2. The lowest BCUT2D eigenvalue weighted by Gasteiger charge is -2.34. The van der Waals surface area contributed by atoms with E-state index in [4.69, 9.17) is 11.6 Å². The zero-order valence-electron chi connectivity index (χ0n) is 14.1. The van der Waals surface area contributed by atoms with E-state index in [1.807, 2.05) is 29.2 Å². The molecule has 4 rings (SSSR count). The van der Waals surface area contributed by atoms with Crippen LogP contribution in [0, 0.1) is 5.92 Å². The molecule has 2 aromatic rings. The van der Waals surface area contributed by atoms with Crippen molar-refractivity contribution in [1.29, 1.82) is 0 Å². The quantitative estimate of drug-likeness (QED) is 0.902. The number of fused-ring (bicyclic) bond motifs is 2. The minimum atomic E-state index is -0.248. The maximum absolute atomic E-state index is 12.8. The van der Waals surface area contributed by atoms with Gasteiger partial charge in [-0.1, -0.05) is 23.7 Å². The second-order valence-electron chi connectivity index (χ2n) is 6.58. The SMILES string of the molecule is O=C(CN1CCC2=Nc3ccccc3C(=O)C2C1)Nc1ccc(Cl)cc1. The smallest absolute Gasteiger partial charge is 0.238 e. The molecule has 1 unspecified atom stereocenters. The van der Waals surface area contributed by atoms with E-state index in [-0.39, 0.29) is 24.2 Å². The van der Waals surface area contributed by atoms with Gasteiger partial charge in [-0.25, -0.2) is 0 Å². The summed E-state index contributed by atoms with van der Waals surface area (Å²) in [6.45, 7) is 1.50. The molecule has 5 nitrogen and oxygen atoms in total. The number of anilines is 1. The normalized spacial score (nSPS) is 19.3. The molecule has 0 saturated carbocycles. The van der Waals surface area contributed by atoms with Crippen LogP contribution in [0.3, 0.4) is 0 Å². The summed E-state index contributed by atoms with van der Waals surface area (Å²) in [6.07, 6.45) is 0.707. The number of Topliss-reactive ketones (excluding diaryl/α,β-unsaturated/α-hetero) is 1. The predicted octanol–water partition coefficient (Wildman–Crippen LogP) is 3.57. The van der Waals surface area contributed by atoms with E-state index in [0.717, 1.165) is 17.9 Å². The van der Waals surface area contributed by atoms with Gasteiger partial charge < -0.3 is 5.32 Å². The molecule has 0 spiro atoms. The highest BCUT2D eigenvalue weighted by atomic mass is 35.5. The fourth-order valence-electron chi connectivity index (χ4n) is 3.47. The Kier molecular flexibility index (Phi) is 4.57. The lowest BCUT2D eigenvalue weighted by molar-refractivity contribution is -0.117. The van der Waals surface area contributed by atoms with Gasteiger partial charge in [-0.2, -0.15) is 0 Å². The molecule has 6 heteroatoms. The van der Waals surface area contributed by atoms with E-state index in [1.54, 1.807) is 24.3 Å². The standard InChI is InChI=1S/C20H18ClN3O2/c21-13-5-7-14(8-6-13)22-19(25)12-24-10-9-18-16(11-24)20(26)15-3-1-2-4-17(15)23-18/h1-8,16H,9-12H2,(H,22,25). The lowest BCUT2D eigenvalue weighted by Crippen LogP contribution is -2.47. The van der Waals surface area contributed by atoms with Gasteiger partial charge in [-0.05, 0) is 42.8 Å². The molecular formula is C20H18ClN3O2. The van der Waals surface area contributed by atoms with Gasteiger partial charge in [0.2, 0.25) is 5.91 Å². The summed E-state index contributed by atoms with van der Waals surface area (Å²) in [7, 11) is 0. The molecule has 1 fully saturated rings. The highest BCUT2D eigenvalue weighted by molar-refractivity contribution is 6.30. The molecule has 0 aromatic heterocycles. The van der Waals surface area contributed by atoms with Gasteiger partial charge in [-0.3, -0.25) is 19.5 Å². The topological polar surface area (TPSA) is 61.8 Å². The van der Waals surface area contributed by atoms with Gasteiger partial charge in [0.1, 0.15) is 0 Å². The molecule has 1 atom stereocenters. The highest BCUT2D eigenvalue weighted by Crippen LogP contribution is 2.31. The van der Waals surface area contributed by atoms with Crippen molar-refractivity contribution < 1.29 is 9.59 Å². The molecule has 0 aliphatic carbocycles. The Morgan fingerprint density at radius 3 is 2.77 bits per heavy atom. The zero-order valence-corrected chi connectivity index (χ0v) is 14.9. The number of nitrogens with zero attached hydrogens (tertiary/aromatic N) is 2. The third kappa shape index (κ3) is 3.41. The monoisotopic (exact) mass is 367 g/mol. The lowest BCUT2D eigenvalue weighted by atomic mass is 9.85. The number of rotatable bonds is 3. The van der Waals surface area contributed by atoms with Gasteiger partial charge in [-0.15, -0.1) is 0 Å². The van der Waals surface area contributed by atoms with Gasteiger partial charge in [0, 0.05) is 35.1 Å². The number of hydrogen-bond donors (Lipinski definition) is 1. The third-order valence-corrected chi connectivity index (χ3v) is 5.02. The number of likely N-dealkylation sites (tertiary alicyclic amines) is 1. The van der Waals surface area contributed by atoms with E-state index >= 15 is 0 Å². The molecular weight excluding hydrogens is 350 g/mol. The van der Waals surface area contributed by atoms with Crippen molar-refractivity contribution >= 4 is 40.4 Å². The minimum absolute atomic E-state index is 0.101.